The van der Waals surface area contributed by atoms with Gasteiger partial charge in [-0.3, -0.25) is 4.79 Å². The quantitative estimate of drug-likeness (QED) is 0.847. The molecule has 1 heterocycles. The molecular weight excluding hydrogens is 262 g/mol. The minimum Gasteiger partial charge on any atom is -0.398 e. The maximum Gasteiger partial charge on any atom is 0.219 e. The number of hydrogen-bond donors (Lipinski definition) is 1. The van der Waals surface area contributed by atoms with Crippen LogP contribution < -0.4 is 5.73 Å². The number of benzene rings is 1. The van der Waals surface area contributed by atoms with Crippen LogP contribution in [0.1, 0.15) is 38.7 Å². The first-order chi connectivity index (χ1) is 10.1. The standard InChI is InChI=1S/C17H27N3O/c1-3-10-19-11-8-16(9-12-19)20(14(2)21)13-15-6-4-5-7-17(15)18/h4-7,16H,3,8-13,18H2,1-2H3. The molecule has 4 nitrogen and oxygen atoms in total. The fourth-order valence-electron chi connectivity index (χ4n) is 3.13. The van der Waals surface area contributed by atoms with Gasteiger partial charge in [-0.15, -0.1) is 0 Å². The number of nitrogens with zero attached hydrogens (tertiary/aromatic N) is 2. The fraction of sp³-hybridized carbons (Fsp3) is 0.588. The second-order valence-electron chi connectivity index (χ2n) is 5.92. The number of nitrogens with two attached hydrogens (primary N) is 1. The fourth-order valence-corrected chi connectivity index (χ4v) is 3.13. The van der Waals surface area contributed by atoms with E-state index in [1.54, 1.807) is 6.92 Å². The van der Waals surface area contributed by atoms with Crippen molar-refractivity contribution in [2.24, 2.45) is 0 Å². The molecule has 4 heteroatoms. The largest absolute Gasteiger partial charge is 0.398 e. The average molecular weight is 289 g/mol. The number of carbonyl (C=O) groups excluding carboxylic acids is 1. The van der Waals surface area contributed by atoms with Crippen LogP contribution in [0.3, 0.4) is 0 Å². The molecule has 21 heavy (non-hydrogen) atoms. The maximum absolute atomic E-state index is 12.0. The Morgan fingerprint density at radius 1 is 1.33 bits per heavy atom. The summed E-state index contributed by atoms with van der Waals surface area (Å²) in [5.74, 6) is 0.146. The first-order valence-electron chi connectivity index (χ1n) is 7.94. The molecule has 0 atom stereocenters. The highest BCUT2D eigenvalue weighted by Crippen LogP contribution is 2.21. The third-order valence-corrected chi connectivity index (χ3v) is 4.34. The minimum absolute atomic E-state index is 0.146. The zero-order chi connectivity index (χ0) is 15.2. The summed E-state index contributed by atoms with van der Waals surface area (Å²) >= 11 is 0. The van der Waals surface area contributed by atoms with Crippen LogP contribution in [0.4, 0.5) is 5.69 Å². The highest BCUT2D eigenvalue weighted by molar-refractivity contribution is 5.74. The Hall–Kier alpha value is -1.55. The topological polar surface area (TPSA) is 49.6 Å². The van der Waals surface area contributed by atoms with E-state index in [1.165, 1.54) is 13.0 Å². The molecule has 0 aromatic heterocycles. The summed E-state index contributed by atoms with van der Waals surface area (Å²) in [6, 6.07) is 8.17. The van der Waals surface area contributed by atoms with Gasteiger partial charge in [0.15, 0.2) is 0 Å². The first-order valence-corrected chi connectivity index (χ1v) is 7.94. The summed E-state index contributed by atoms with van der Waals surface area (Å²) in [5, 5.41) is 0. The zero-order valence-electron chi connectivity index (χ0n) is 13.2. The van der Waals surface area contributed by atoms with E-state index in [-0.39, 0.29) is 5.91 Å². The molecule has 0 spiro atoms. The normalized spacial score (nSPS) is 16.9. The number of piperidine rings is 1. The Balaban J connectivity index is 2.00. The maximum atomic E-state index is 12.0. The number of para-hydroxylation sites is 1. The summed E-state index contributed by atoms with van der Waals surface area (Å²) in [6.45, 7) is 7.85. The van der Waals surface area contributed by atoms with Crippen LogP contribution in [0.15, 0.2) is 24.3 Å². The lowest BCUT2D eigenvalue weighted by molar-refractivity contribution is -0.132. The number of carbonyl (C=O) groups is 1. The SMILES string of the molecule is CCCN1CCC(N(Cc2ccccc2N)C(C)=O)CC1. The van der Waals surface area contributed by atoms with Gasteiger partial charge in [-0.1, -0.05) is 25.1 Å². The summed E-state index contributed by atoms with van der Waals surface area (Å²) in [6.07, 6.45) is 3.32. The van der Waals surface area contributed by atoms with Crippen molar-refractivity contribution in [2.45, 2.75) is 45.7 Å². The van der Waals surface area contributed by atoms with Crippen LogP contribution >= 0.6 is 0 Å². The highest BCUT2D eigenvalue weighted by atomic mass is 16.2. The van der Waals surface area contributed by atoms with E-state index < -0.39 is 0 Å². The van der Waals surface area contributed by atoms with Gasteiger partial charge >= 0.3 is 0 Å². The molecule has 0 aliphatic carbocycles. The molecule has 0 saturated carbocycles. The molecule has 1 saturated heterocycles. The monoisotopic (exact) mass is 289 g/mol. The van der Waals surface area contributed by atoms with Crippen molar-refractivity contribution in [3.8, 4) is 0 Å². The predicted octanol–water partition coefficient (Wildman–Crippen LogP) is 2.49. The van der Waals surface area contributed by atoms with Crippen LogP contribution in [0, 0.1) is 0 Å². The highest BCUT2D eigenvalue weighted by Gasteiger charge is 2.26. The van der Waals surface area contributed by atoms with Crippen molar-refractivity contribution < 1.29 is 4.79 Å². The Morgan fingerprint density at radius 3 is 2.57 bits per heavy atom. The van der Waals surface area contributed by atoms with Gasteiger partial charge in [-0.2, -0.15) is 0 Å². The van der Waals surface area contributed by atoms with Crippen molar-refractivity contribution in [3.63, 3.8) is 0 Å². The Labute approximate surface area is 127 Å². The number of likely N-dealkylation sites (tertiary alicyclic amines) is 1. The van der Waals surface area contributed by atoms with E-state index in [4.69, 9.17) is 5.73 Å². The van der Waals surface area contributed by atoms with Crippen molar-refractivity contribution in [2.75, 3.05) is 25.4 Å². The van der Waals surface area contributed by atoms with Crippen LogP contribution in [-0.4, -0.2) is 41.4 Å². The number of amides is 1. The molecule has 1 amide bonds. The van der Waals surface area contributed by atoms with Crippen molar-refractivity contribution in [3.05, 3.63) is 29.8 Å². The smallest absolute Gasteiger partial charge is 0.219 e. The van der Waals surface area contributed by atoms with Crippen LogP contribution in [0.25, 0.3) is 0 Å². The van der Waals surface area contributed by atoms with E-state index in [0.29, 0.717) is 12.6 Å². The molecule has 2 rings (SSSR count). The van der Waals surface area contributed by atoms with E-state index in [0.717, 1.165) is 37.2 Å². The average Bonchev–Trinajstić information content (AvgIpc) is 2.47. The molecule has 1 aromatic rings. The van der Waals surface area contributed by atoms with E-state index in [2.05, 4.69) is 11.8 Å². The lowest BCUT2D eigenvalue weighted by atomic mass is 10.0. The molecule has 0 bridgehead atoms. The second-order valence-corrected chi connectivity index (χ2v) is 5.92. The molecule has 1 aromatic carbocycles. The molecule has 0 radical (unpaired) electrons. The van der Waals surface area contributed by atoms with Crippen LogP contribution in [-0.2, 0) is 11.3 Å². The van der Waals surface area contributed by atoms with Gasteiger partial charge in [0, 0.05) is 38.3 Å². The zero-order valence-corrected chi connectivity index (χ0v) is 13.2. The third-order valence-electron chi connectivity index (χ3n) is 4.34. The van der Waals surface area contributed by atoms with Gasteiger partial charge in [0.05, 0.1) is 0 Å². The van der Waals surface area contributed by atoms with Gasteiger partial charge in [-0.05, 0) is 37.4 Å². The van der Waals surface area contributed by atoms with E-state index in [9.17, 15) is 4.79 Å². The molecule has 116 valence electrons. The number of hydrogen-bond acceptors (Lipinski definition) is 3. The molecule has 1 aliphatic rings. The van der Waals surface area contributed by atoms with Crippen LogP contribution in [0.2, 0.25) is 0 Å². The van der Waals surface area contributed by atoms with Gasteiger partial charge in [0.25, 0.3) is 0 Å². The number of anilines is 1. The lowest BCUT2D eigenvalue weighted by Gasteiger charge is -2.38. The van der Waals surface area contributed by atoms with Gasteiger partial charge in [-0.25, -0.2) is 0 Å². The Kier molecular flexibility index (Phi) is 5.62. The molecule has 2 N–H and O–H groups in total. The third kappa shape index (κ3) is 4.21. The Bertz CT molecular complexity index is 467. The first kappa shape index (κ1) is 15.8. The summed E-state index contributed by atoms with van der Waals surface area (Å²) in [5.41, 5.74) is 7.83. The molecule has 1 fully saturated rings. The van der Waals surface area contributed by atoms with Crippen molar-refractivity contribution in [1.82, 2.24) is 9.80 Å². The molecular formula is C17H27N3O. The number of nitrogen functional groups attached to an aromatic ring is 1. The molecule has 1 aliphatic heterocycles. The van der Waals surface area contributed by atoms with Crippen molar-refractivity contribution in [1.29, 1.82) is 0 Å². The predicted molar refractivity (Wildman–Crippen MR) is 86.8 cm³/mol. The van der Waals surface area contributed by atoms with Gasteiger partial charge in [0.1, 0.15) is 0 Å². The van der Waals surface area contributed by atoms with Gasteiger partial charge < -0.3 is 15.5 Å². The minimum atomic E-state index is 0.146. The molecule has 0 unspecified atom stereocenters. The van der Waals surface area contributed by atoms with Gasteiger partial charge in [0.2, 0.25) is 5.91 Å². The summed E-state index contributed by atoms with van der Waals surface area (Å²) < 4.78 is 0. The van der Waals surface area contributed by atoms with Crippen molar-refractivity contribution >= 4 is 11.6 Å². The second kappa shape index (κ2) is 7.46. The lowest BCUT2D eigenvalue weighted by Crippen LogP contribution is -2.46. The van der Waals surface area contributed by atoms with E-state index >= 15 is 0 Å². The number of rotatable bonds is 5. The Morgan fingerprint density at radius 2 is 2.00 bits per heavy atom. The van der Waals surface area contributed by atoms with E-state index in [1.807, 2.05) is 29.2 Å². The van der Waals surface area contributed by atoms with Crippen LogP contribution in [0.5, 0.6) is 0 Å². The summed E-state index contributed by atoms with van der Waals surface area (Å²) in [7, 11) is 0. The summed E-state index contributed by atoms with van der Waals surface area (Å²) in [4.78, 5) is 16.5.